The van der Waals surface area contributed by atoms with Gasteiger partial charge >= 0.3 is 0 Å². The Labute approximate surface area is 95.4 Å². The van der Waals surface area contributed by atoms with E-state index in [1.165, 1.54) is 19.2 Å². The van der Waals surface area contributed by atoms with Crippen molar-refractivity contribution in [3.05, 3.63) is 23.5 Å². The van der Waals surface area contributed by atoms with Crippen LogP contribution in [0.5, 0.6) is 11.5 Å². The summed E-state index contributed by atoms with van der Waals surface area (Å²) in [4.78, 5) is 0. The second-order valence-corrected chi connectivity index (χ2v) is 3.55. The van der Waals surface area contributed by atoms with Crippen LogP contribution in [0.2, 0.25) is 0 Å². The SMILES string of the molecule is COc1cc(F)cc(CCCCN)c1OC. The number of methoxy groups -OCH3 is 2. The van der Waals surface area contributed by atoms with Crippen LogP contribution in [0, 0.1) is 5.82 Å². The van der Waals surface area contributed by atoms with Gasteiger partial charge in [0.05, 0.1) is 14.2 Å². The molecule has 1 aromatic carbocycles. The highest BCUT2D eigenvalue weighted by atomic mass is 19.1. The maximum Gasteiger partial charge on any atom is 0.164 e. The molecule has 4 heteroatoms. The molecule has 2 N–H and O–H groups in total. The highest BCUT2D eigenvalue weighted by Crippen LogP contribution is 2.32. The van der Waals surface area contributed by atoms with Crippen molar-refractivity contribution in [1.29, 1.82) is 0 Å². The van der Waals surface area contributed by atoms with Gasteiger partial charge in [0.25, 0.3) is 0 Å². The van der Waals surface area contributed by atoms with E-state index >= 15 is 0 Å². The fourth-order valence-corrected chi connectivity index (χ4v) is 1.65. The molecule has 0 aliphatic rings. The quantitative estimate of drug-likeness (QED) is 0.757. The number of benzene rings is 1. The van der Waals surface area contributed by atoms with Crippen molar-refractivity contribution in [2.45, 2.75) is 19.3 Å². The van der Waals surface area contributed by atoms with Gasteiger partial charge in [-0.25, -0.2) is 4.39 Å². The Kier molecular flexibility index (Phi) is 5.05. The maximum absolute atomic E-state index is 13.3. The summed E-state index contributed by atoms with van der Waals surface area (Å²) in [5.74, 6) is 0.742. The minimum absolute atomic E-state index is 0.305. The van der Waals surface area contributed by atoms with E-state index in [0.29, 0.717) is 18.0 Å². The van der Waals surface area contributed by atoms with E-state index in [4.69, 9.17) is 15.2 Å². The highest BCUT2D eigenvalue weighted by molar-refractivity contribution is 5.47. The molecule has 0 unspecified atom stereocenters. The third-order valence-electron chi connectivity index (χ3n) is 2.42. The second-order valence-electron chi connectivity index (χ2n) is 3.55. The third-order valence-corrected chi connectivity index (χ3v) is 2.42. The lowest BCUT2D eigenvalue weighted by Crippen LogP contribution is -2.01. The van der Waals surface area contributed by atoms with Gasteiger partial charge in [0.15, 0.2) is 11.5 Å². The molecular weight excluding hydrogens is 209 g/mol. The van der Waals surface area contributed by atoms with Crippen LogP contribution in [0.15, 0.2) is 12.1 Å². The van der Waals surface area contributed by atoms with Crippen molar-refractivity contribution in [3.8, 4) is 11.5 Å². The van der Waals surface area contributed by atoms with Crippen molar-refractivity contribution in [1.82, 2.24) is 0 Å². The first-order valence-electron chi connectivity index (χ1n) is 5.33. The Hall–Kier alpha value is -1.29. The summed E-state index contributed by atoms with van der Waals surface area (Å²) in [7, 11) is 3.06. The number of nitrogens with two attached hydrogens (primary N) is 1. The first-order chi connectivity index (χ1) is 7.72. The van der Waals surface area contributed by atoms with Crippen molar-refractivity contribution < 1.29 is 13.9 Å². The molecule has 0 aliphatic heterocycles. The van der Waals surface area contributed by atoms with E-state index in [-0.39, 0.29) is 5.82 Å². The number of hydrogen-bond acceptors (Lipinski definition) is 3. The molecule has 0 spiro atoms. The molecule has 1 rings (SSSR count). The monoisotopic (exact) mass is 227 g/mol. The Morgan fingerprint density at radius 3 is 2.50 bits per heavy atom. The Bertz CT molecular complexity index is 342. The molecule has 0 saturated heterocycles. The molecule has 0 saturated carbocycles. The van der Waals surface area contributed by atoms with Gasteiger partial charge in [-0.1, -0.05) is 0 Å². The van der Waals surface area contributed by atoms with Gasteiger partial charge in [0.1, 0.15) is 5.82 Å². The molecule has 0 radical (unpaired) electrons. The van der Waals surface area contributed by atoms with Gasteiger partial charge in [-0.3, -0.25) is 0 Å². The fourth-order valence-electron chi connectivity index (χ4n) is 1.65. The van der Waals surface area contributed by atoms with Crippen LogP contribution in [0.4, 0.5) is 4.39 Å². The number of ether oxygens (including phenoxy) is 2. The normalized spacial score (nSPS) is 10.2. The number of aryl methyl sites for hydroxylation is 1. The van der Waals surface area contributed by atoms with Crippen molar-refractivity contribution in [2.75, 3.05) is 20.8 Å². The molecule has 0 aromatic heterocycles. The van der Waals surface area contributed by atoms with Crippen LogP contribution in [-0.4, -0.2) is 20.8 Å². The van der Waals surface area contributed by atoms with Crippen LogP contribution < -0.4 is 15.2 Å². The zero-order chi connectivity index (χ0) is 12.0. The molecule has 0 atom stereocenters. The molecular formula is C12H18FNO2. The molecule has 0 aliphatic carbocycles. The Morgan fingerprint density at radius 2 is 1.94 bits per heavy atom. The van der Waals surface area contributed by atoms with Gasteiger partial charge in [-0.2, -0.15) is 0 Å². The number of halogens is 1. The smallest absolute Gasteiger partial charge is 0.164 e. The largest absolute Gasteiger partial charge is 0.493 e. The maximum atomic E-state index is 13.3. The van der Waals surface area contributed by atoms with E-state index in [0.717, 1.165) is 24.8 Å². The minimum Gasteiger partial charge on any atom is -0.493 e. The molecule has 0 fully saturated rings. The number of rotatable bonds is 6. The average molecular weight is 227 g/mol. The van der Waals surface area contributed by atoms with Crippen LogP contribution in [0.1, 0.15) is 18.4 Å². The Balaban J connectivity index is 2.91. The van der Waals surface area contributed by atoms with E-state index in [9.17, 15) is 4.39 Å². The average Bonchev–Trinajstić information content (AvgIpc) is 2.28. The van der Waals surface area contributed by atoms with Gasteiger partial charge in [-0.05, 0) is 31.9 Å². The molecule has 16 heavy (non-hydrogen) atoms. The van der Waals surface area contributed by atoms with Crippen LogP contribution in [-0.2, 0) is 6.42 Å². The van der Waals surface area contributed by atoms with E-state index in [2.05, 4.69) is 0 Å². The second kappa shape index (κ2) is 6.33. The number of hydrogen-bond donors (Lipinski definition) is 1. The van der Waals surface area contributed by atoms with Gasteiger partial charge < -0.3 is 15.2 Å². The summed E-state index contributed by atoms with van der Waals surface area (Å²) in [6.07, 6.45) is 2.58. The van der Waals surface area contributed by atoms with Crippen LogP contribution in [0.25, 0.3) is 0 Å². The van der Waals surface area contributed by atoms with Crippen LogP contribution >= 0.6 is 0 Å². The van der Waals surface area contributed by atoms with Crippen LogP contribution in [0.3, 0.4) is 0 Å². The fraction of sp³-hybridized carbons (Fsp3) is 0.500. The van der Waals surface area contributed by atoms with Gasteiger partial charge in [0, 0.05) is 11.6 Å². The summed E-state index contributed by atoms with van der Waals surface area (Å²) in [6.45, 7) is 0.648. The molecule has 0 amide bonds. The lowest BCUT2D eigenvalue weighted by atomic mass is 10.1. The lowest BCUT2D eigenvalue weighted by molar-refractivity contribution is 0.348. The molecule has 3 nitrogen and oxygen atoms in total. The Morgan fingerprint density at radius 1 is 1.19 bits per heavy atom. The summed E-state index contributed by atoms with van der Waals surface area (Å²) >= 11 is 0. The zero-order valence-corrected chi connectivity index (χ0v) is 9.75. The van der Waals surface area contributed by atoms with E-state index < -0.39 is 0 Å². The molecule has 0 heterocycles. The predicted octanol–water partition coefficient (Wildman–Crippen LogP) is 2.12. The third kappa shape index (κ3) is 3.10. The molecule has 90 valence electrons. The van der Waals surface area contributed by atoms with Crippen molar-refractivity contribution in [2.24, 2.45) is 5.73 Å². The first kappa shape index (κ1) is 12.8. The van der Waals surface area contributed by atoms with E-state index in [1.807, 2.05) is 0 Å². The summed E-state index contributed by atoms with van der Waals surface area (Å²) in [5.41, 5.74) is 6.25. The minimum atomic E-state index is -0.305. The topological polar surface area (TPSA) is 44.5 Å². The van der Waals surface area contributed by atoms with Gasteiger partial charge in [-0.15, -0.1) is 0 Å². The van der Waals surface area contributed by atoms with E-state index in [1.54, 1.807) is 7.11 Å². The number of unbranched alkanes of at least 4 members (excludes halogenated alkanes) is 1. The summed E-state index contributed by atoms with van der Waals surface area (Å²) in [6, 6.07) is 2.81. The predicted molar refractivity (Wildman–Crippen MR) is 61.5 cm³/mol. The summed E-state index contributed by atoms with van der Waals surface area (Å²) in [5, 5.41) is 0. The molecule has 1 aromatic rings. The lowest BCUT2D eigenvalue weighted by Gasteiger charge is -2.12. The van der Waals surface area contributed by atoms with Gasteiger partial charge in [0.2, 0.25) is 0 Å². The van der Waals surface area contributed by atoms with Crippen molar-refractivity contribution >= 4 is 0 Å². The van der Waals surface area contributed by atoms with Crippen molar-refractivity contribution in [3.63, 3.8) is 0 Å². The standard InChI is InChI=1S/C12H18FNO2/c1-15-11-8-10(13)7-9(12(11)16-2)5-3-4-6-14/h7-8H,3-6,14H2,1-2H3. The summed E-state index contributed by atoms with van der Waals surface area (Å²) < 4.78 is 23.6. The highest BCUT2D eigenvalue weighted by Gasteiger charge is 2.11. The molecule has 0 bridgehead atoms. The zero-order valence-electron chi connectivity index (χ0n) is 9.75. The first-order valence-corrected chi connectivity index (χ1v) is 5.33.